The van der Waals surface area contributed by atoms with Crippen LogP contribution in [0, 0.1) is 0 Å². The van der Waals surface area contributed by atoms with Gasteiger partial charge >= 0.3 is 0 Å². The summed E-state index contributed by atoms with van der Waals surface area (Å²) in [7, 11) is -3.29. The van der Waals surface area contributed by atoms with Crippen molar-refractivity contribution in [3.8, 4) is 11.4 Å². The van der Waals surface area contributed by atoms with Gasteiger partial charge in [-0.15, -0.1) is 0 Å². The molecule has 9 heteroatoms. The van der Waals surface area contributed by atoms with Gasteiger partial charge in [-0.25, -0.2) is 23.1 Å². The Hall–Kier alpha value is -2.26. The van der Waals surface area contributed by atoms with Crippen LogP contribution in [0.5, 0.6) is 0 Å². The van der Waals surface area contributed by atoms with E-state index in [0.717, 1.165) is 11.9 Å². The molecule has 2 heterocycles. The Balaban J connectivity index is 2.10. The zero-order valence-corrected chi connectivity index (χ0v) is 15.6. The number of aromatic nitrogens is 3. The molecule has 0 aliphatic heterocycles. The number of sulfonamides is 1. The van der Waals surface area contributed by atoms with E-state index in [-0.39, 0.29) is 5.56 Å². The Bertz CT molecular complexity index is 889. The van der Waals surface area contributed by atoms with Crippen molar-refractivity contribution in [2.45, 2.75) is 32.7 Å². The monoisotopic (exact) mass is 365 g/mol. The Kier molecular flexibility index (Phi) is 5.58. The summed E-state index contributed by atoms with van der Waals surface area (Å²) >= 11 is 0. The minimum atomic E-state index is -3.29. The molecule has 0 amide bonds. The number of H-pyrrole nitrogens is 1. The SMILES string of the molecule is CCc1cc(=O)[nH]c(-c2ccc(NCC(C)(C)NS(C)(=O)=O)nc2)n1. The summed E-state index contributed by atoms with van der Waals surface area (Å²) < 4.78 is 25.3. The summed E-state index contributed by atoms with van der Waals surface area (Å²) in [5.74, 6) is 1.07. The molecule has 2 rings (SSSR count). The molecule has 0 radical (unpaired) electrons. The Morgan fingerprint density at radius 1 is 1.28 bits per heavy atom. The Labute approximate surface area is 147 Å². The van der Waals surface area contributed by atoms with Crippen molar-refractivity contribution in [1.82, 2.24) is 19.7 Å². The lowest BCUT2D eigenvalue weighted by molar-refractivity contribution is 0.476. The molecule has 0 aliphatic carbocycles. The number of aryl methyl sites for hydroxylation is 1. The molecule has 2 aromatic rings. The number of rotatable bonds is 7. The van der Waals surface area contributed by atoms with E-state index in [9.17, 15) is 13.2 Å². The molecule has 3 N–H and O–H groups in total. The molecule has 136 valence electrons. The number of hydrogen-bond donors (Lipinski definition) is 3. The number of nitrogens with one attached hydrogen (secondary N) is 3. The van der Waals surface area contributed by atoms with E-state index in [1.807, 2.05) is 6.92 Å². The number of aromatic amines is 1. The van der Waals surface area contributed by atoms with Crippen molar-refractivity contribution in [3.63, 3.8) is 0 Å². The molecule has 2 aromatic heterocycles. The third-order valence-corrected chi connectivity index (χ3v) is 4.29. The predicted octanol–water partition coefficient (Wildman–Crippen LogP) is 1.13. The predicted molar refractivity (Wildman–Crippen MR) is 98.0 cm³/mol. The quantitative estimate of drug-likeness (QED) is 0.677. The van der Waals surface area contributed by atoms with Crippen LogP contribution in [0.4, 0.5) is 5.82 Å². The van der Waals surface area contributed by atoms with Crippen LogP contribution in [-0.2, 0) is 16.4 Å². The van der Waals surface area contributed by atoms with Crippen LogP contribution in [0.15, 0.2) is 29.2 Å². The fraction of sp³-hybridized carbons (Fsp3) is 0.438. The molecule has 0 unspecified atom stereocenters. The van der Waals surface area contributed by atoms with E-state index >= 15 is 0 Å². The van der Waals surface area contributed by atoms with Crippen LogP contribution in [-0.4, -0.2) is 41.7 Å². The van der Waals surface area contributed by atoms with Crippen LogP contribution in [0.25, 0.3) is 11.4 Å². The second-order valence-corrected chi connectivity index (χ2v) is 8.23. The zero-order valence-electron chi connectivity index (χ0n) is 14.8. The van der Waals surface area contributed by atoms with Gasteiger partial charge in [0.05, 0.1) is 6.26 Å². The first kappa shape index (κ1) is 19.1. The smallest absolute Gasteiger partial charge is 0.251 e. The Morgan fingerprint density at radius 2 is 2.00 bits per heavy atom. The second-order valence-electron chi connectivity index (χ2n) is 6.48. The van der Waals surface area contributed by atoms with Crippen LogP contribution >= 0.6 is 0 Å². The maximum absolute atomic E-state index is 11.7. The van der Waals surface area contributed by atoms with Crippen molar-refractivity contribution in [2.75, 3.05) is 18.1 Å². The molecule has 0 atom stereocenters. The molecular formula is C16H23N5O3S. The number of hydrogen-bond acceptors (Lipinski definition) is 6. The lowest BCUT2D eigenvalue weighted by atomic mass is 10.1. The van der Waals surface area contributed by atoms with E-state index < -0.39 is 15.6 Å². The van der Waals surface area contributed by atoms with Gasteiger partial charge in [0.2, 0.25) is 10.0 Å². The summed E-state index contributed by atoms with van der Waals surface area (Å²) in [5, 5.41) is 3.09. The molecular weight excluding hydrogens is 342 g/mol. The molecule has 0 aromatic carbocycles. The van der Waals surface area contributed by atoms with Crippen molar-refractivity contribution in [3.05, 3.63) is 40.4 Å². The first-order valence-electron chi connectivity index (χ1n) is 7.87. The first-order chi connectivity index (χ1) is 11.6. The summed E-state index contributed by atoms with van der Waals surface area (Å²) in [6.07, 6.45) is 3.41. The maximum Gasteiger partial charge on any atom is 0.251 e. The summed E-state index contributed by atoms with van der Waals surface area (Å²) in [6, 6.07) is 5.03. The van der Waals surface area contributed by atoms with Crippen molar-refractivity contribution < 1.29 is 8.42 Å². The topological polar surface area (TPSA) is 117 Å². The largest absolute Gasteiger partial charge is 0.368 e. The zero-order chi connectivity index (χ0) is 18.7. The van der Waals surface area contributed by atoms with Gasteiger partial charge in [0, 0.05) is 35.6 Å². The highest BCUT2D eigenvalue weighted by molar-refractivity contribution is 7.88. The average Bonchev–Trinajstić information content (AvgIpc) is 2.50. The number of anilines is 1. The molecule has 8 nitrogen and oxygen atoms in total. The van der Waals surface area contributed by atoms with Gasteiger partial charge < -0.3 is 10.3 Å². The lowest BCUT2D eigenvalue weighted by Gasteiger charge is -2.25. The summed E-state index contributed by atoms with van der Waals surface area (Å²) in [5.41, 5.74) is 0.564. The summed E-state index contributed by atoms with van der Waals surface area (Å²) in [6.45, 7) is 5.86. The van der Waals surface area contributed by atoms with Crippen LogP contribution in [0.3, 0.4) is 0 Å². The highest BCUT2D eigenvalue weighted by atomic mass is 32.2. The molecule has 0 spiro atoms. The number of nitrogens with zero attached hydrogens (tertiary/aromatic N) is 2. The minimum absolute atomic E-state index is 0.197. The van der Waals surface area contributed by atoms with Gasteiger partial charge in [0.15, 0.2) is 0 Å². The third-order valence-electron chi connectivity index (χ3n) is 3.37. The van der Waals surface area contributed by atoms with Gasteiger partial charge in [0.1, 0.15) is 11.6 Å². The first-order valence-corrected chi connectivity index (χ1v) is 9.76. The number of pyridine rings is 1. The normalized spacial score (nSPS) is 12.2. The van der Waals surface area contributed by atoms with Gasteiger partial charge in [-0.3, -0.25) is 4.79 Å². The van der Waals surface area contributed by atoms with Gasteiger partial charge in [0.25, 0.3) is 5.56 Å². The van der Waals surface area contributed by atoms with Crippen molar-refractivity contribution in [2.24, 2.45) is 0 Å². The second kappa shape index (κ2) is 7.32. The van der Waals surface area contributed by atoms with Crippen molar-refractivity contribution >= 4 is 15.8 Å². The fourth-order valence-corrected chi connectivity index (χ4v) is 3.39. The van der Waals surface area contributed by atoms with E-state index in [2.05, 4.69) is 25.0 Å². The van der Waals surface area contributed by atoms with Crippen LogP contribution in [0.2, 0.25) is 0 Å². The van der Waals surface area contributed by atoms with E-state index in [0.29, 0.717) is 30.2 Å². The van der Waals surface area contributed by atoms with Crippen LogP contribution < -0.4 is 15.6 Å². The molecule has 0 saturated heterocycles. The Morgan fingerprint density at radius 3 is 2.56 bits per heavy atom. The van der Waals surface area contributed by atoms with Gasteiger partial charge in [-0.1, -0.05) is 6.92 Å². The standard InChI is InChI=1S/C16H23N5O3S/c1-5-12-8-14(22)20-15(19-12)11-6-7-13(17-9-11)18-10-16(2,3)21-25(4,23)24/h6-9,21H,5,10H2,1-4H3,(H,17,18)(H,19,20,22). The summed E-state index contributed by atoms with van der Waals surface area (Å²) in [4.78, 5) is 23.0. The molecule has 0 saturated carbocycles. The highest BCUT2D eigenvalue weighted by Crippen LogP contribution is 2.15. The fourth-order valence-electron chi connectivity index (χ4n) is 2.31. The molecule has 25 heavy (non-hydrogen) atoms. The molecule has 0 fully saturated rings. The lowest BCUT2D eigenvalue weighted by Crippen LogP contribution is -2.47. The highest BCUT2D eigenvalue weighted by Gasteiger charge is 2.21. The molecule has 0 bridgehead atoms. The average molecular weight is 365 g/mol. The van der Waals surface area contributed by atoms with Crippen LogP contribution in [0.1, 0.15) is 26.5 Å². The van der Waals surface area contributed by atoms with E-state index in [4.69, 9.17) is 0 Å². The molecule has 0 aliphatic rings. The minimum Gasteiger partial charge on any atom is -0.368 e. The van der Waals surface area contributed by atoms with Gasteiger partial charge in [-0.05, 0) is 32.4 Å². The van der Waals surface area contributed by atoms with Gasteiger partial charge in [-0.2, -0.15) is 0 Å². The van der Waals surface area contributed by atoms with E-state index in [1.165, 1.54) is 6.07 Å². The van der Waals surface area contributed by atoms with Crippen molar-refractivity contribution in [1.29, 1.82) is 0 Å². The third kappa shape index (κ3) is 5.95. The van der Waals surface area contributed by atoms with E-state index in [1.54, 1.807) is 32.2 Å². The maximum atomic E-state index is 11.7.